The SMILES string of the molecule is Cc1c(CCCl)cccc1S(=O)(=O)NC(C)C(=O)c1ccccc1. The van der Waals surface area contributed by atoms with E-state index in [1.165, 1.54) is 6.07 Å². The Bertz CT molecular complexity index is 819. The monoisotopic (exact) mass is 365 g/mol. The number of carbonyl (C=O) groups excluding carboxylic acids is 1. The van der Waals surface area contributed by atoms with Gasteiger partial charge in [0.25, 0.3) is 0 Å². The predicted octanol–water partition coefficient (Wildman–Crippen LogP) is 3.33. The predicted molar refractivity (Wildman–Crippen MR) is 96.2 cm³/mol. The van der Waals surface area contributed by atoms with Crippen molar-refractivity contribution in [3.05, 3.63) is 65.2 Å². The molecule has 1 unspecified atom stereocenters. The molecule has 0 aliphatic heterocycles. The molecule has 0 saturated heterocycles. The summed E-state index contributed by atoms with van der Waals surface area (Å²) in [6, 6.07) is 12.9. The number of benzene rings is 2. The topological polar surface area (TPSA) is 63.2 Å². The van der Waals surface area contributed by atoms with Crippen LogP contribution in [0.3, 0.4) is 0 Å². The first-order valence-electron chi connectivity index (χ1n) is 7.63. The molecule has 0 saturated carbocycles. The van der Waals surface area contributed by atoms with Gasteiger partial charge in [0.15, 0.2) is 5.78 Å². The number of hydrogen-bond donors (Lipinski definition) is 1. The van der Waals surface area contributed by atoms with Gasteiger partial charge in [0.05, 0.1) is 10.9 Å². The fourth-order valence-corrected chi connectivity index (χ4v) is 4.22. The average Bonchev–Trinajstić information content (AvgIpc) is 2.56. The van der Waals surface area contributed by atoms with Gasteiger partial charge in [0.2, 0.25) is 10.0 Å². The zero-order valence-electron chi connectivity index (χ0n) is 13.6. The van der Waals surface area contributed by atoms with Crippen molar-refractivity contribution in [3.63, 3.8) is 0 Å². The van der Waals surface area contributed by atoms with E-state index in [1.54, 1.807) is 50.2 Å². The number of rotatable bonds is 7. The van der Waals surface area contributed by atoms with Crippen LogP contribution in [0.25, 0.3) is 0 Å². The lowest BCUT2D eigenvalue weighted by Crippen LogP contribution is -2.38. The number of halogens is 1. The van der Waals surface area contributed by atoms with Gasteiger partial charge in [0.1, 0.15) is 0 Å². The number of sulfonamides is 1. The van der Waals surface area contributed by atoms with E-state index >= 15 is 0 Å². The Balaban J connectivity index is 2.25. The van der Waals surface area contributed by atoms with Crippen molar-refractivity contribution < 1.29 is 13.2 Å². The Kier molecular flexibility index (Phi) is 6.15. The first kappa shape index (κ1) is 18.6. The number of ketones is 1. The average molecular weight is 366 g/mol. The molecule has 0 aliphatic carbocycles. The maximum absolute atomic E-state index is 12.7. The molecule has 0 fully saturated rings. The normalized spacial score (nSPS) is 12.8. The summed E-state index contributed by atoms with van der Waals surface area (Å²) < 4.78 is 27.8. The number of carbonyl (C=O) groups is 1. The maximum atomic E-state index is 12.7. The molecule has 24 heavy (non-hydrogen) atoms. The van der Waals surface area contributed by atoms with Gasteiger partial charge >= 0.3 is 0 Å². The van der Waals surface area contributed by atoms with Crippen LogP contribution in [0.5, 0.6) is 0 Å². The molecule has 0 heterocycles. The van der Waals surface area contributed by atoms with E-state index in [9.17, 15) is 13.2 Å². The van der Waals surface area contributed by atoms with Crippen molar-refractivity contribution in [1.82, 2.24) is 4.72 Å². The molecule has 1 atom stereocenters. The smallest absolute Gasteiger partial charge is 0.241 e. The molecular formula is C18H20ClNO3S. The van der Waals surface area contributed by atoms with Gasteiger partial charge in [-0.3, -0.25) is 4.79 Å². The number of alkyl halides is 1. The van der Waals surface area contributed by atoms with Crippen molar-refractivity contribution in [2.45, 2.75) is 31.2 Å². The third-order valence-corrected chi connectivity index (χ3v) is 5.71. The number of Topliss-reactive ketones (excluding diaryl/α,β-unsaturated/α-hetero) is 1. The van der Waals surface area contributed by atoms with Crippen LogP contribution >= 0.6 is 11.6 Å². The Morgan fingerprint density at radius 1 is 1.12 bits per heavy atom. The van der Waals surface area contributed by atoms with Crippen molar-refractivity contribution in [2.75, 3.05) is 5.88 Å². The Labute approximate surface area is 147 Å². The molecule has 128 valence electrons. The first-order chi connectivity index (χ1) is 11.4. The lowest BCUT2D eigenvalue weighted by molar-refractivity contribution is 0.0961. The van der Waals surface area contributed by atoms with Gasteiger partial charge in [-0.1, -0.05) is 42.5 Å². The van der Waals surface area contributed by atoms with Crippen molar-refractivity contribution >= 4 is 27.4 Å². The van der Waals surface area contributed by atoms with E-state index in [4.69, 9.17) is 11.6 Å². The third kappa shape index (κ3) is 4.23. The van der Waals surface area contributed by atoms with Crippen LogP contribution in [-0.2, 0) is 16.4 Å². The molecule has 0 amide bonds. The summed E-state index contributed by atoms with van der Waals surface area (Å²) in [6.45, 7) is 3.30. The number of nitrogens with one attached hydrogen (secondary N) is 1. The fraction of sp³-hybridized carbons (Fsp3) is 0.278. The largest absolute Gasteiger partial charge is 0.292 e. The lowest BCUT2D eigenvalue weighted by Gasteiger charge is -2.16. The van der Waals surface area contributed by atoms with Crippen LogP contribution in [0.15, 0.2) is 53.4 Å². The van der Waals surface area contributed by atoms with E-state index in [2.05, 4.69) is 4.72 Å². The standard InChI is InChI=1S/C18H20ClNO3S/c1-13-15(11-12-19)9-6-10-17(13)24(22,23)20-14(2)18(21)16-7-4-3-5-8-16/h3-10,14,20H,11-12H2,1-2H3. The van der Waals surface area contributed by atoms with Crippen molar-refractivity contribution in [2.24, 2.45) is 0 Å². The fourth-order valence-electron chi connectivity index (χ4n) is 2.53. The van der Waals surface area contributed by atoms with Crippen molar-refractivity contribution in [3.8, 4) is 0 Å². The highest BCUT2D eigenvalue weighted by Gasteiger charge is 2.24. The van der Waals surface area contributed by atoms with E-state index in [0.29, 0.717) is 23.4 Å². The summed E-state index contributed by atoms with van der Waals surface area (Å²) in [4.78, 5) is 12.5. The highest BCUT2D eigenvalue weighted by atomic mass is 35.5. The molecule has 2 aromatic rings. The van der Waals surface area contributed by atoms with Crippen LogP contribution in [-0.4, -0.2) is 26.1 Å². The number of aryl methyl sites for hydroxylation is 1. The Morgan fingerprint density at radius 3 is 2.42 bits per heavy atom. The first-order valence-corrected chi connectivity index (χ1v) is 9.64. The lowest BCUT2D eigenvalue weighted by atomic mass is 10.1. The van der Waals surface area contributed by atoms with Gasteiger partial charge in [-0.05, 0) is 37.5 Å². The van der Waals surface area contributed by atoms with E-state index in [0.717, 1.165) is 5.56 Å². The zero-order chi connectivity index (χ0) is 17.7. The number of hydrogen-bond acceptors (Lipinski definition) is 3. The molecule has 0 spiro atoms. The molecule has 0 bridgehead atoms. The van der Waals surface area contributed by atoms with Gasteiger partial charge in [-0.25, -0.2) is 13.1 Å². The minimum atomic E-state index is -3.80. The Hall–Kier alpha value is -1.69. The van der Waals surface area contributed by atoms with Gasteiger partial charge in [0, 0.05) is 11.4 Å². The molecule has 1 N–H and O–H groups in total. The minimum Gasteiger partial charge on any atom is -0.292 e. The quantitative estimate of drug-likeness (QED) is 0.604. The zero-order valence-corrected chi connectivity index (χ0v) is 15.2. The third-order valence-electron chi connectivity index (χ3n) is 3.83. The summed E-state index contributed by atoms with van der Waals surface area (Å²) in [5, 5.41) is 0. The summed E-state index contributed by atoms with van der Waals surface area (Å²) in [7, 11) is -3.80. The molecule has 0 radical (unpaired) electrons. The van der Waals surface area contributed by atoms with E-state index in [1.807, 2.05) is 6.07 Å². The van der Waals surface area contributed by atoms with Gasteiger partial charge < -0.3 is 0 Å². The highest BCUT2D eigenvalue weighted by Crippen LogP contribution is 2.20. The second kappa shape index (κ2) is 7.92. The second-order valence-electron chi connectivity index (χ2n) is 5.55. The maximum Gasteiger partial charge on any atom is 0.241 e. The van der Waals surface area contributed by atoms with E-state index < -0.39 is 16.1 Å². The van der Waals surface area contributed by atoms with Crippen LogP contribution in [0.4, 0.5) is 0 Å². The highest BCUT2D eigenvalue weighted by molar-refractivity contribution is 7.89. The minimum absolute atomic E-state index is 0.179. The Morgan fingerprint density at radius 2 is 1.79 bits per heavy atom. The molecule has 0 aromatic heterocycles. The van der Waals surface area contributed by atoms with Crippen LogP contribution < -0.4 is 4.72 Å². The molecule has 4 nitrogen and oxygen atoms in total. The molecule has 2 rings (SSSR count). The van der Waals surface area contributed by atoms with E-state index in [-0.39, 0.29) is 10.7 Å². The van der Waals surface area contributed by atoms with Gasteiger partial charge in [-0.2, -0.15) is 0 Å². The molecule has 2 aromatic carbocycles. The molecule has 0 aliphatic rings. The second-order valence-corrected chi connectivity index (χ2v) is 7.61. The van der Waals surface area contributed by atoms with Crippen LogP contribution in [0.1, 0.15) is 28.4 Å². The molecule has 6 heteroatoms. The summed E-state index contributed by atoms with van der Waals surface area (Å²) in [6.07, 6.45) is 0.593. The summed E-state index contributed by atoms with van der Waals surface area (Å²) in [5.41, 5.74) is 2.01. The summed E-state index contributed by atoms with van der Waals surface area (Å²) >= 11 is 5.76. The summed E-state index contributed by atoms with van der Waals surface area (Å²) in [5.74, 6) is 0.148. The van der Waals surface area contributed by atoms with Crippen LogP contribution in [0.2, 0.25) is 0 Å². The molecular weight excluding hydrogens is 346 g/mol. The van der Waals surface area contributed by atoms with Gasteiger partial charge in [-0.15, -0.1) is 11.6 Å². The van der Waals surface area contributed by atoms with Crippen molar-refractivity contribution in [1.29, 1.82) is 0 Å². The van der Waals surface area contributed by atoms with Crippen LogP contribution in [0, 0.1) is 6.92 Å².